The molecule has 0 bridgehead atoms. The molecule has 0 aliphatic carbocycles. The van der Waals surface area contributed by atoms with E-state index in [0.29, 0.717) is 12.3 Å². The van der Waals surface area contributed by atoms with Gasteiger partial charge in [-0.2, -0.15) is 0 Å². The van der Waals surface area contributed by atoms with Gasteiger partial charge in [-0.3, -0.25) is 23.5 Å². The van der Waals surface area contributed by atoms with E-state index in [1.807, 2.05) is 32.0 Å². The quantitative estimate of drug-likeness (QED) is 0.573. The number of rotatable bonds is 6. The first-order chi connectivity index (χ1) is 16.7. The van der Waals surface area contributed by atoms with Gasteiger partial charge in [-0.05, 0) is 56.0 Å². The van der Waals surface area contributed by atoms with Gasteiger partial charge in [-0.25, -0.2) is 9.78 Å². The number of nitrogens with zero attached hydrogens (tertiary/aromatic N) is 4. The van der Waals surface area contributed by atoms with E-state index in [1.165, 1.54) is 35.7 Å². The molecule has 2 aromatic heterocycles. The summed E-state index contributed by atoms with van der Waals surface area (Å²) in [6, 6.07) is 8.57. The summed E-state index contributed by atoms with van der Waals surface area (Å²) >= 11 is 0. The van der Waals surface area contributed by atoms with Crippen LogP contribution in [0.25, 0.3) is 11.0 Å². The Bertz CT molecular complexity index is 1420. The summed E-state index contributed by atoms with van der Waals surface area (Å²) in [6.45, 7) is 4.54. The molecule has 1 aliphatic rings. The average molecular weight is 480 g/mol. The van der Waals surface area contributed by atoms with Crippen LogP contribution in [0.5, 0.6) is 0 Å². The number of hydrogen-bond acceptors (Lipinski definition) is 6. The zero-order valence-electron chi connectivity index (χ0n) is 20.3. The SMILES string of the molecule is Cc1cccc(NC(=O)CN(CC2CCCO2)C(=O)c2ccc3c(=O)n(C)c(=O)n(C)c3n2)c1C. The molecule has 4 rings (SSSR count). The number of anilines is 1. The van der Waals surface area contributed by atoms with E-state index in [0.717, 1.165) is 28.5 Å². The number of carbonyl (C=O) groups excluding carboxylic acids is 2. The summed E-state index contributed by atoms with van der Waals surface area (Å²) in [4.78, 5) is 57.0. The molecule has 3 aromatic rings. The van der Waals surface area contributed by atoms with Gasteiger partial charge in [0.2, 0.25) is 5.91 Å². The molecule has 1 fully saturated rings. The Morgan fingerprint density at radius 1 is 1.14 bits per heavy atom. The van der Waals surface area contributed by atoms with Crippen molar-refractivity contribution in [2.24, 2.45) is 14.1 Å². The number of aromatic nitrogens is 3. The minimum atomic E-state index is -0.538. The first-order valence-corrected chi connectivity index (χ1v) is 11.5. The number of benzene rings is 1. The fourth-order valence-electron chi connectivity index (χ4n) is 4.24. The molecule has 0 saturated carbocycles. The molecule has 1 atom stereocenters. The summed E-state index contributed by atoms with van der Waals surface area (Å²) in [6.07, 6.45) is 1.50. The van der Waals surface area contributed by atoms with Gasteiger partial charge in [0.1, 0.15) is 17.9 Å². The Labute approximate surface area is 202 Å². The third-order valence-electron chi connectivity index (χ3n) is 6.47. The first-order valence-electron chi connectivity index (χ1n) is 11.5. The van der Waals surface area contributed by atoms with E-state index in [4.69, 9.17) is 4.74 Å². The molecule has 1 saturated heterocycles. The van der Waals surface area contributed by atoms with Crippen LogP contribution in [0, 0.1) is 13.8 Å². The Morgan fingerprint density at radius 2 is 1.91 bits per heavy atom. The molecule has 1 N–H and O–H groups in total. The van der Waals surface area contributed by atoms with Crippen LogP contribution in [0.4, 0.5) is 5.69 Å². The Morgan fingerprint density at radius 3 is 2.63 bits per heavy atom. The van der Waals surface area contributed by atoms with Crippen LogP contribution in [0.1, 0.15) is 34.5 Å². The van der Waals surface area contributed by atoms with Crippen molar-refractivity contribution in [1.29, 1.82) is 0 Å². The van der Waals surface area contributed by atoms with Crippen LogP contribution in [0.15, 0.2) is 39.9 Å². The minimum Gasteiger partial charge on any atom is -0.376 e. The maximum atomic E-state index is 13.5. The second-order valence-electron chi connectivity index (χ2n) is 8.89. The number of amides is 2. The van der Waals surface area contributed by atoms with Gasteiger partial charge < -0.3 is 15.0 Å². The fraction of sp³-hybridized carbons (Fsp3) is 0.400. The Kier molecular flexibility index (Phi) is 6.83. The lowest BCUT2D eigenvalue weighted by atomic mass is 10.1. The smallest absolute Gasteiger partial charge is 0.332 e. The van der Waals surface area contributed by atoms with Crippen LogP contribution in [0.3, 0.4) is 0 Å². The Balaban J connectivity index is 1.64. The van der Waals surface area contributed by atoms with Crippen molar-refractivity contribution in [3.05, 3.63) is 68.0 Å². The molecule has 1 aliphatic heterocycles. The normalized spacial score (nSPS) is 15.4. The minimum absolute atomic E-state index is 0.0401. The second-order valence-corrected chi connectivity index (χ2v) is 8.89. The lowest BCUT2D eigenvalue weighted by Crippen LogP contribution is -2.43. The van der Waals surface area contributed by atoms with Crippen LogP contribution in [-0.4, -0.2) is 56.6 Å². The van der Waals surface area contributed by atoms with Gasteiger partial charge >= 0.3 is 5.69 Å². The van der Waals surface area contributed by atoms with Crippen molar-refractivity contribution in [1.82, 2.24) is 19.0 Å². The second kappa shape index (κ2) is 9.83. The lowest BCUT2D eigenvalue weighted by Gasteiger charge is -2.25. The Hall–Kier alpha value is -3.79. The van der Waals surface area contributed by atoms with Gasteiger partial charge in [-0.1, -0.05) is 12.1 Å². The maximum absolute atomic E-state index is 13.5. The molecular formula is C25H29N5O5. The van der Waals surface area contributed by atoms with E-state index >= 15 is 0 Å². The van der Waals surface area contributed by atoms with Gasteiger partial charge in [0.15, 0.2) is 0 Å². The zero-order valence-corrected chi connectivity index (χ0v) is 20.3. The molecule has 1 aromatic carbocycles. The summed E-state index contributed by atoms with van der Waals surface area (Å²) in [5.74, 6) is -0.821. The van der Waals surface area contributed by atoms with Gasteiger partial charge in [0.05, 0.1) is 11.5 Å². The monoisotopic (exact) mass is 479 g/mol. The molecule has 184 valence electrons. The van der Waals surface area contributed by atoms with Crippen LogP contribution < -0.4 is 16.6 Å². The van der Waals surface area contributed by atoms with Crippen molar-refractivity contribution in [3.8, 4) is 0 Å². The molecule has 2 amide bonds. The van der Waals surface area contributed by atoms with Crippen molar-refractivity contribution in [2.45, 2.75) is 32.8 Å². The predicted molar refractivity (Wildman–Crippen MR) is 132 cm³/mol. The summed E-state index contributed by atoms with van der Waals surface area (Å²) in [5.41, 5.74) is 1.82. The molecule has 35 heavy (non-hydrogen) atoms. The van der Waals surface area contributed by atoms with Crippen molar-refractivity contribution in [2.75, 3.05) is 25.0 Å². The van der Waals surface area contributed by atoms with Crippen molar-refractivity contribution >= 4 is 28.5 Å². The van der Waals surface area contributed by atoms with Crippen LogP contribution in [0.2, 0.25) is 0 Å². The van der Waals surface area contributed by atoms with E-state index in [1.54, 1.807) is 0 Å². The van der Waals surface area contributed by atoms with E-state index in [2.05, 4.69) is 10.3 Å². The van der Waals surface area contributed by atoms with Crippen molar-refractivity contribution in [3.63, 3.8) is 0 Å². The molecular weight excluding hydrogens is 450 g/mol. The largest absolute Gasteiger partial charge is 0.376 e. The standard InChI is InChI=1S/C25H29N5O5/c1-15-7-5-9-19(16(15)2)26-21(31)14-30(13-17-8-6-12-35-17)24(33)20-11-10-18-22(27-20)28(3)25(34)29(4)23(18)32/h5,7,9-11,17H,6,8,12-14H2,1-4H3,(H,26,31). The lowest BCUT2D eigenvalue weighted by molar-refractivity contribution is -0.117. The number of aryl methyl sites for hydroxylation is 2. The third-order valence-corrected chi connectivity index (χ3v) is 6.47. The topological polar surface area (TPSA) is 116 Å². The molecule has 0 spiro atoms. The average Bonchev–Trinajstić information content (AvgIpc) is 3.36. The summed E-state index contributed by atoms with van der Waals surface area (Å²) in [7, 11) is 2.88. The molecule has 0 radical (unpaired) electrons. The zero-order chi connectivity index (χ0) is 25.3. The van der Waals surface area contributed by atoms with Crippen molar-refractivity contribution < 1.29 is 14.3 Å². The first kappa shape index (κ1) is 24.3. The van der Waals surface area contributed by atoms with Crippen LogP contribution in [-0.2, 0) is 23.6 Å². The summed E-state index contributed by atoms with van der Waals surface area (Å²) in [5, 5.41) is 3.12. The third kappa shape index (κ3) is 4.88. The van der Waals surface area contributed by atoms with Crippen LogP contribution >= 0.6 is 0 Å². The van der Waals surface area contributed by atoms with Gasteiger partial charge in [0, 0.05) is 32.9 Å². The number of fused-ring (bicyclic) bond motifs is 1. The number of pyridine rings is 1. The highest BCUT2D eigenvalue weighted by atomic mass is 16.5. The van der Waals surface area contributed by atoms with E-state index < -0.39 is 17.2 Å². The highest BCUT2D eigenvalue weighted by Gasteiger charge is 2.27. The molecule has 10 heteroatoms. The van der Waals surface area contributed by atoms with E-state index in [9.17, 15) is 19.2 Å². The number of nitrogens with one attached hydrogen (secondary N) is 1. The predicted octanol–water partition coefficient (Wildman–Crippen LogP) is 1.51. The maximum Gasteiger partial charge on any atom is 0.332 e. The van der Waals surface area contributed by atoms with Gasteiger partial charge in [-0.15, -0.1) is 0 Å². The highest BCUT2D eigenvalue weighted by molar-refractivity contribution is 5.99. The number of carbonyl (C=O) groups is 2. The highest BCUT2D eigenvalue weighted by Crippen LogP contribution is 2.19. The fourth-order valence-corrected chi connectivity index (χ4v) is 4.24. The molecule has 1 unspecified atom stereocenters. The molecule has 10 nitrogen and oxygen atoms in total. The van der Waals surface area contributed by atoms with E-state index in [-0.39, 0.29) is 41.8 Å². The summed E-state index contributed by atoms with van der Waals surface area (Å²) < 4.78 is 7.92. The van der Waals surface area contributed by atoms with Gasteiger partial charge in [0.25, 0.3) is 11.5 Å². The number of hydrogen-bond donors (Lipinski definition) is 1. The molecule has 3 heterocycles. The number of ether oxygens (including phenoxy) is 1.